The molecule has 1 N–H and O–H groups in total. The second-order valence-corrected chi connectivity index (χ2v) is 4.62. The van der Waals surface area contributed by atoms with Crippen LogP contribution in [0.25, 0.3) is 0 Å². The molecule has 1 atom stereocenters. The summed E-state index contributed by atoms with van der Waals surface area (Å²) in [6.07, 6.45) is 1.95. The van der Waals surface area contributed by atoms with Crippen LogP contribution in [0.4, 0.5) is 4.79 Å². The van der Waals surface area contributed by atoms with E-state index in [-0.39, 0.29) is 25.4 Å². The van der Waals surface area contributed by atoms with Gasteiger partial charge >= 0.3 is 6.09 Å². The Bertz CT molecular complexity index is 312. The third-order valence-electron chi connectivity index (χ3n) is 2.11. The molecule has 0 aromatic heterocycles. The molecule has 1 amide bonds. The van der Waals surface area contributed by atoms with E-state index in [1.54, 1.807) is 11.8 Å². The van der Waals surface area contributed by atoms with E-state index in [4.69, 9.17) is 4.74 Å². The van der Waals surface area contributed by atoms with Gasteiger partial charge in [0.2, 0.25) is 0 Å². The molecule has 0 bridgehead atoms. The van der Waals surface area contributed by atoms with Crippen LogP contribution in [0.1, 0.15) is 19.8 Å². The zero-order chi connectivity index (χ0) is 14.7. The highest BCUT2D eigenvalue weighted by atomic mass is 32.2. The van der Waals surface area contributed by atoms with E-state index in [1.807, 2.05) is 6.26 Å². The van der Waals surface area contributed by atoms with Crippen molar-refractivity contribution in [1.82, 2.24) is 5.32 Å². The van der Waals surface area contributed by atoms with Crippen LogP contribution >= 0.6 is 11.8 Å². The monoisotopic (exact) mass is 294 g/mol. The fraction of sp³-hybridized carbons (Fsp3) is 0.800. The van der Waals surface area contributed by atoms with Crippen molar-refractivity contribution < 1.29 is 24.3 Å². The second-order valence-electron chi connectivity index (χ2n) is 3.64. The van der Waals surface area contributed by atoms with E-state index in [9.17, 15) is 19.7 Å². The first-order chi connectivity index (χ1) is 8.97. The number of ketones is 1. The molecule has 0 saturated heterocycles. The van der Waals surface area contributed by atoms with Crippen molar-refractivity contribution in [2.75, 3.05) is 25.2 Å². The van der Waals surface area contributed by atoms with Gasteiger partial charge in [-0.25, -0.2) is 4.79 Å². The smallest absolute Gasteiger partial charge is 0.407 e. The number of thioether (sulfide) groups is 1. The number of amides is 1. The first-order valence-electron chi connectivity index (χ1n) is 5.67. The van der Waals surface area contributed by atoms with E-state index in [0.717, 1.165) is 5.75 Å². The minimum atomic E-state index is -0.908. The Morgan fingerprint density at radius 3 is 2.63 bits per heavy atom. The fourth-order valence-corrected chi connectivity index (χ4v) is 1.63. The van der Waals surface area contributed by atoms with Crippen LogP contribution in [0.5, 0.6) is 0 Å². The largest absolute Gasteiger partial charge is 0.449 e. The standard InChI is InChI=1S/C10H18N2O6S/c1-8(13)9(4-7-19-2)11-10(14)17-5-3-6-18-12(15)16/h9H,3-7H2,1-2H3,(H,11,14). The van der Waals surface area contributed by atoms with Crippen molar-refractivity contribution in [2.24, 2.45) is 0 Å². The third-order valence-corrected chi connectivity index (χ3v) is 2.76. The molecular formula is C10H18N2O6S. The molecular weight excluding hydrogens is 276 g/mol. The summed E-state index contributed by atoms with van der Waals surface area (Å²) >= 11 is 1.58. The maximum Gasteiger partial charge on any atom is 0.407 e. The number of hydrogen-bond donors (Lipinski definition) is 1. The quantitative estimate of drug-likeness (QED) is 0.364. The maximum absolute atomic E-state index is 11.4. The number of Topliss-reactive ketones (excluding diaryl/α,β-unsaturated/α-hetero) is 1. The van der Waals surface area contributed by atoms with Crippen molar-refractivity contribution in [2.45, 2.75) is 25.8 Å². The summed E-state index contributed by atoms with van der Waals surface area (Å²) in [5.74, 6) is 0.615. The van der Waals surface area contributed by atoms with E-state index >= 15 is 0 Å². The molecule has 0 saturated carbocycles. The van der Waals surface area contributed by atoms with Crippen molar-refractivity contribution in [3.63, 3.8) is 0 Å². The molecule has 0 aromatic carbocycles. The Labute approximate surface area is 115 Å². The predicted octanol–water partition coefficient (Wildman–Crippen LogP) is 1.02. The summed E-state index contributed by atoms with van der Waals surface area (Å²) in [5.41, 5.74) is 0. The first kappa shape index (κ1) is 17.5. The van der Waals surface area contributed by atoms with Gasteiger partial charge in [-0.05, 0) is 25.4 Å². The van der Waals surface area contributed by atoms with Gasteiger partial charge in [0.1, 0.15) is 0 Å². The number of rotatable bonds is 10. The van der Waals surface area contributed by atoms with Gasteiger partial charge in [-0.15, -0.1) is 10.1 Å². The molecule has 0 rings (SSSR count). The van der Waals surface area contributed by atoms with Crippen LogP contribution in [0.15, 0.2) is 0 Å². The predicted molar refractivity (Wildman–Crippen MR) is 69.5 cm³/mol. The molecule has 0 spiro atoms. The highest BCUT2D eigenvalue weighted by Gasteiger charge is 2.17. The molecule has 0 radical (unpaired) electrons. The molecule has 0 aliphatic carbocycles. The van der Waals surface area contributed by atoms with Gasteiger partial charge in [-0.3, -0.25) is 4.79 Å². The summed E-state index contributed by atoms with van der Waals surface area (Å²) in [6.45, 7) is 1.26. The number of alkyl carbamates (subject to hydrolysis) is 1. The summed E-state index contributed by atoms with van der Waals surface area (Å²) in [7, 11) is 0. The van der Waals surface area contributed by atoms with Crippen molar-refractivity contribution >= 4 is 23.6 Å². The van der Waals surface area contributed by atoms with Gasteiger partial charge in [-0.1, -0.05) is 0 Å². The van der Waals surface area contributed by atoms with Crippen LogP contribution in [-0.4, -0.2) is 48.2 Å². The van der Waals surface area contributed by atoms with Crippen LogP contribution in [0, 0.1) is 10.1 Å². The molecule has 0 heterocycles. The van der Waals surface area contributed by atoms with Gasteiger partial charge in [0, 0.05) is 6.42 Å². The highest BCUT2D eigenvalue weighted by molar-refractivity contribution is 7.98. The Balaban J connectivity index is 3.80. The minimum Gasteiger partial charge on any atom is -0.449 e. The molecule has 0 aromatic rings. The van der Waals surface area contributed by atoms with Gasteiger partial charge < -0.3 is 14.9 Å². The molecule has 0 aliphatic rings. The lowest BCUT2D eigenvalue weighted by molar-refractivity contribution is -0.757. The number of hydrogen-bond acceptors (Lipinski definition) is 7. The maximum atomic E-state index is 11.4. The average molecular weight is 294 g/mol. The Morgan fingerprint density at radius 2 is 2.11 bits per heavy atom. The molecule has 19 heavy (non-hydrogen) atoms. The molecule has 9 heteroatoms. The van der Waals surface area contributed by atoms with Gasteiger partial charge in [-0.2, -0.15) is 11.8 Å². The lowest BCUT2D eigenvalue weighted by atomic mass is 10.1. The van der Waals surface area contributed by atoms with Gasteiger partial charge in [0.15, 0.2) is 5.78 Å². The zero-order valence-corrected chi connectivity index (χ0v) is 11.7. The molecule has 0 aliphatic heterocycles. The summed E-state index contributed by atoms with van der Waals surface area (Å²) < 4.78 is 4.77. The number of carbonyl (C=O) groups is 2. The second kappa shape index (κ2) is 10.4. The van der Waals surface area contributed by atoms with E-state index in [0.29, 0.717) is 6.42 Å². The van der Waals surface area contributed by atoms with Crippen LogP contribution in [0.3, 0.4) is 0 Å². The van der Waals surface area contributed by atoms with E-state index in [2.05, 4.69) is 10.2 Å². The Kier molecular flexibility index (Phi) is 9.59. The summed E-state index contributed by atoms with van der Waals surface area (Å²) in [4.78, 5) is 36.5. The molecule has 8 nitrogen and oxygen atoms in total. The van der Waals surface area contributed by atoms with Gasteiger partial charge in [0.05, 0.1) is 19.3 Å². The van der Waals surface area contributed by atoms with Crippen LogP contribution in [0.2, 0.25) is 0 Å². The molecule has 0 fully saturated rings. The number of nitrogens with one attached hydrogen (secondary N) is 1. The van der Waals surface area contributed by atoms with Crippen LogP contribution in [-0.2, 0) is 14.4 Å². The number of nitrogens with zero attached hydrogens (tertiary/aromatic N) is 1. The van der Waals surface area contributed by atoms with Crippen LogP contribution < -0.4 is 5.32 Å². The third kappa shape index (κ3) is 10.1. The average Bonchev–Trinajstić information content (AvgIpc) is 2.33. The van der Waals surface area contributed by atoms with E-state index < -0.39 is 17.2 Å². The normalized spacial score (nSPS) is 11.5. The minimum absolute atomic E-state index is 0.00712. The topological polar surface area (TPSA) is 108 Å². The number of carbonyl (C=O) groups excluding carboxylic acids is 2. The fourth-order valence-electron chi connectivity index (χ4n) is 1.16. The zero-order valence-electron chi connectivity index (χ0n) is 10.9. The SMILES string of the molecule is CSCCC(NC(=O)OCCCO[N+](=O)[O-])C(C)=O. The Hall–Kier alpha value is -1.51. The molecule has 1 unspecified atom stereocenters. The van der Waals surface area contributed by atoms with E-state index in [1.165, 1.54) is 6.92 Å². The lowest BCUT2D eigenvalue weighted by Gasteiger charge is -2.15. The Morgan fingerprint density at radius 1 is 1.42 bits per heavy atom. The molecule has 110 valence electrons. The summed E-state index contributed by atoms with van der Waals surface area (Å²) in [5, 5.41) is 11.4. The highest BCUT2D eigenvalue weighted by Crippen LogP contribution is 2.02. The first-order valence-corrected chi connectivity index (χ1v) is 7.06. The van der Waals surface area contributed by atoms with Crippen molar-refractivity contribution in [3.05, 3.63) is 10.1 Å². The van der Waals surface area contributed by atoms with Gasteiger partial charge in [0.25, 0.3) is 5.09 Å². The summed E-state index contributed by atoms with van der Waals surface area (Å²) in [6, 6.07) is -0.560. The lowest BCUT2D eigenvalue weighted by Crippen LogP contribution is -2.40. The van der Waals surface area contributed by atoms with Crippen molar-refractivity contribution in [3.8, 4) is 0 Å². The number of ether oxygens (including phenoxy) is 1. The van der Waals surface area contributed by atoms with Crippen molar-refractivity contribution in [1.29, 1.82) is 0 Å².